The number of benzene rings is 1. The molecule has 0 unspecified atom stereocenters. The molecule has 2 fully saturated rings. The topological polar surface area (TPSA) is 63.3 Å². The Bertz CT molecular complexity index is 1200. The zero-order valence-corrected chi connectivity index (χ0v) is 17.9. The fourth-order valence-corrected chi connectivity index (χ4v) is 5.62. The molecule has 31 heavy (non-hydrogen) atoms. The maximum absolute atomic E-state index is 12.2. The first-order valence-corrected chi connectivity index (χ1v) is 11.0. The first-order valence-electron chi connectivity index (χ1n) is 11.0. The number of rotatable bonds is 5. The van der Waals surface area contributed by atoms with E-state index in [0.29, 0.717) is 31.5 Å². The van der Waals surface area contributed by atoms with E-state index in [0.717, 1.165) is 25.1 Å². The molecule has 4 heterocycles. The minimum atomic E-state index is -0.898. The van der Waals surface area contributed by atoms with E-state index in [2.05, 4.69) is 44.9 Å². The van der Waals surface area contributed by atoms with Gasteiger partial charge in [-0.3, -0.25) is 9.69 Å². The molecule has 2 atom stereocenters. The third-order valence-corrected chi connectivity index (χ3v) is 6.93. The molecule has 160 valence electrons. The molecule has 2 bridgehead atoms. The van der Waals surface area contributed by atoms with Crippen molar-refractivity contribution >= 4 is 10.9 Å². The van der Waals surface area contributed by atoms with Crippen molar-refractivity contribution in [2.45, 2.75) is 69.9 Å². The summed E-state index contributed by atoms with van der Waals surface area (Å²) in [7, 11) is 0. The molecule has 2 aliphatic rings. The molecule has 0 radical (unpaired) electrons. The molecular formula is C25H28N4O2. The van der Waals surface area contributed by atoms with Crippen LogP contribution in [0.3, 0.4) is 0 Å². The quantitative estimate of drug-likeness (QED) is 0.650. The van der Waals surface area contributed by atoms with E-state index in [4.69, 9.17) is 6.42 Å². The number of aliphatic hydroxyl groups is 1. The Balaban J connectivity index is 1.38. The number of hydrogen-bond acceptors (Lipinski definition) is 4. The van der Waals surface area contributed by atoms with Crippen LogP contribution in [0.1, 0.15) is 36.9 Å². The summed E-state index contributed by atoms with van der Waals surface area (Å²) in [6, 6.07) is 12.3. The summed E-state index contributed by atoms with van der Waals surface area (Å²) in [5.74, 6) is 2.75. The minimum absolute atomic E-state index is 0.157. The van der Waals surface area contributed by atoms with Crippen molar-refractivity contribution in [1.82, 2.24) is 19.2 Å². The molecule has 6 heteroatoms. The number of aryl methyl sites for hydroxylation is 1. The van der Waals surface area contributed by atoms with Gasteiger partial charge >= 0.3 is 0 Å². The van der Waals surface area contributed by atoms with Gasteiger partial charge in [-0.2, -0.15) is 5.10 Å². The summed E-state index contributed by atoms with van der Waals surface area (Å²) in [4.78, 5) is 14.8. The second kappa shape index (κ2) is 7.67. The Morgan fingerprint density at radius 3 is 2.68 bits per heavy atom. The molecule has 2 saturated heterocycles. The Kier molecular flexibility index (Phi) is 4.96. The standard InChI is InChI=1S/C25H28N4O2/c1-3-12-27-15-19(22-6-4-5-7-23(22)27)16-28-20-9-10-21(28)14-25(31,13-20)17-29-24(30)11-8-18(2)26-29/h1,4-8,11,15,20-21,31H,9-10,12-14,16-17H2,2H3/t20-,21-/m1/s1. The van der Waals surface area contributed by atoms with Gasteiger partial charge in [0.25, 0.3) is 5.56 Å². The molecule has 1 aromatic carbocycles. The zero-order valence-electron chi connectivity index (χ0n) is 17.9. The molecule has 0 saturated carbocycles. The Hall–Kier alpha value is -2.88. The average molecular weight is 417 g/mol. The zero-order chi connectivity index (χ0) is 21.6. The van der Waals surface area contributed by atoms with E-state index in [1.54, 1.807) is 6.07 Å². The van der Waals surface area contributed by atoms with Crippen LogP contribution < -0.4 is 5.56 Å². The second-order valence-electron chi connectivity index (χ2n) is 9.16. The van der Waals surface area contributed by atoms with Crippen molar-refractivity contribution in [2.24, 2.45) is 0 Å². The average Bonchev–Trinajstić information content (AvgIpc) is 3.21. The molecule has 1 N–H and O–H groups in total. The van der Waals surface area contributed by atoms with Crippen LogP contribution in [0, 0.1) is 19.3 Å². The van der Waals surface area contributed by atoms with Gasteiger partial charge in [-0.05, 0) is 50.3 Å². The Morgan fingerprint density at radius 1 is 1.19 bits per heavy atom. The lowest BCUT2D eigenvalue weighted by molar-refractivity contribution is -0.0677. The molecule has 2 aliphatic heterocycles. The molecule has 3 aromatic rings. The van der Waals surface area contributed by atoms with Gasteiger partial charge in [0, 0.05) is 41.8 Å². The van der Waals surface area contributed by atoms with E-state index in [1.165, 1.54) is 27.2 Å². The van der Waals surface area contributed by atoms with Crippen molar-refractivity contribution in [3.63, 3.8) is 0 Å². The molecule has 2 aromatic heterocycles. The van der Waals surface area contributed by atoms with Crippen LogP contribution >= 0.6 is 0 Å². The van der Waals surface area contributed by atoms with E-state index in [-0.39, 0.29) is 12.1 Å². The number of nitrogens with zero attached hydrogens (tertiary/aromatic N) is 4. The van der Waals surface area contributed by atoms with Crippen LogP contribution in [-0.2, 0) is 19.6 Å². The van der Waals surface area contributed by atoms with Crippen molar-refractivity contribution < 1.29 is 5.11 Å². The highest BCUT2D eigenvalue weighted by Gasteiger charge is 2.47. The Labute approximate surface area is 182 Å². The fraction of sp³-hybridized carbons (Fsp3) is 0.440. The monoisotopic (exact) mass is 416 g/mol. The van der Waals surface area contributed by atoms with Crippen molar-refractivity contribution in [3.8, 4) is 12.3 Å². The summed E-state index contributed by atoms with van der Waals surface area (Å²) in [5.41, 5.74) is 2.18. The number of fused-ring (bicyclic) bond motifs is 3. The van der Waals surface area contributed by atoms with Crippen LogP contribution in [0.2, 0.25) is 0 Å². The van der Waals surface area contributed by atoms with E-state index < -0.39 is 5.60 Å². The molecule has 0 spiro atoms. The highest BCUT2D eigenvalue weighted by Crippen LogP contribution is 2.42. The lowest BCUT2D eigenvalue weighted by Crippen LogP contribution is -2.53. The van der Waals surface area contributed by atoms with E-state index in [9.17, 15) is 9.90 Å². The lowest BCUT2D eigenvalue weighted by Gasteiger charge is -2.43. The van der Waals surface area contributed by atoms with Gasteiger partial charge in [0.05, 0.1) is 24.4 Å². The summed E-state index contributed by atoms with van der Waals surface area (Å²) in [6.07, 6.45) is 11.2. The third-order valence-electron chi connectivity index (χ3n) is 6.93. The van der Waals surface area contributed by atoms with Gasteiger partial charge in [-0.15, -0.1) is 6.42 Å². The van der Waals surface area contributed by atoms with Crippen LogP contribution in [0.15, 0.2) is 47.4 Å². The van der Waals surface area contributed by atoms with Gasteiger partial charge in [0.1, 0.15) is 0 Å². The van der Waals surface area contributed by atoms with Crippen molar-refractivity contribution in [1.29, 1.82) is 0 Å². The predicted octanol–water partition coefficient (Wildman–Crippen LogP) is 2.70. The lowest BCUT2D eigenvalue weighted by atomic mass is 9.85. The van der Waals surface area contributed by atoms with E-state index >= 15 is 0 Å². The van der Waals surface area contributed by atoms with Crippen LogP contribution in [0.5, 0.6) is 0 Å². The third kappa shape index (κ3) is 3.69. The largest absolute Gasteiger partial charge is 0.388 e. The summed E-state index contributed by atoms with van der Waals surface area (Å²) in [6.45, 7) is 3.54. The minimum Gasteiger partial charge on any atom is -0.388 e. The molecule has 6 nitrogen and oxygen atoms in total. The van der Waals surface area contributed by atoms with Gasteiger partial charge in [-0.25, -0.2) is 4.68 Å². The van der Waals surface area contributed by atoms with Gasteiger partial charge in [0.2, 0.25) is 0 Å². The fourth-order valence-electron chi connectivity index (χ4n) is 5.62. The summed E-state index contributed by atoms with van der Waals surface area (Å²) < 4.78 is 3.57. The highest BCUT2D eigenvalue weighted by molar-refractivity contribution is 5.84. The summed E-state index contributed by atoms with van der Waals surface area (Å²) in [5, 5.41) is 17.0. The number of para-hydroxylation sites is 1. The van der Waals surface area contributed by atoms with Gasteiger partial charge in [0.15, 0.2) is 0 Å². The van der Waals surface area contributed by atoms with Crippen molar-refractivity contribution in [3.05, 3.63) is 64.2 Å². The second-order valence-corrected chi connectivity index (χ2v) is 9.16. The smallest absolute Gasteiger partial charge is 0.266 e. The number of terminal acetylenes is 1. The number of piperidine rings is 1. The highest BCUT2D eigenvalue weighted by atomic mass is 16.3. The first kappa shape index (κ1) is 20.0. The maximum Gasteiger partial charge on any atom is 0.266 e. The van der Waals surface area contributed by atoms with Crippen LogP contribution in [0.4, 0.5) is 0 Å². The Morgan fingerprint density at radius 2 is 1.94 bits per heavy atom. The molecule has 0 amide bonds. The van der Waals surface area contributed by atoms with E-state index in [1.807, 2.05) is 13.0 Å². The van der Waals surface area contributed by atoms with Gasteiger partial charge in [-0.1, -0.05) is 24.1 Å². The maximum atomic E-state index is 12.2. The molecule has 0 aliphatic carbocycles. The van der Waals surface area contributed by atoms with Crippen LogP contribution in [0.25, 0.3) is 10.9 Å². The van der Waals surface area contributed by atoms with Gasteiger partial charge < -0.3 is 9.67 Å². The normalized spacial score (nSPS) is 25.7. The summed E-state index contributed by atoms with van der Waals surface area (Å²) >= 11 is 0. The SMILES string of the molecule is C#CCn1cc(CN2[C@@H]3CC[C@@H]2CC(O)(Cn2nc(C)ccc2=O)C3)c2ccccc21. The molecular weight excluding hydrogens is 388 g/mol. The van der Waals surface area contributed by atoms with Crippen LogP contribution in [-0.4, -0.2) is 42.0 Å². The number of hydrogen-bond donors (Lipinski definition) is 1. The van der Waals surface area contributed by atoms with Crippen molar-refractivity contribution in [2.75, 3.05) is 0 Å². The first-order chi connectivity index (χ1) is 15.0. The predicted molar refractivity (Wildman–Crippen MR) is 121 cm³/mol. The number of aromatic nitrogens is 3. The molecule has 5 rings (SSSR count).